The van der Waals surface area contributed by atoms with Crippen molar-refractivity contribution < 1.29 is 5.11 Å². The maximum atomic E-state index is 10.5. The number of H-pyrrole nitrogens is 2. The highest BCUT2D eigenvalue weighted by Crippen LogP contribution is 2.12. The maximum absolute atomic E-state index is 10.5. The van der Waals surface area contributed by atoms with Crippen molar-refractivity contribution in [3.05, 3.63) is 16.2 Å². The van der Waals surface area contributed by atoms with Crippen molar-refractivity contribution in [2.24, 2.45) is 0 Å². The van der Waals surface area contributed by atoms with E-state index in [4.69, 9.17) is 5.11 Å². The first-order chi connectivity index (χ1) is 4.74. The lowest BCUT2D eigenvalue weighted by Gasteiger charge is -1.90. The normalized spacial score (nSPS) is 10.1. The van der Waals surface area contributed by atoms with Crippen LogP contribution >= 0.6 is 11.8 Å². The second-order valence-electron chi connectivity index (χ2n) is 1.84. The van der Waals surface area contributed by atoms with E-state index in [1.807, 2.05) is 6.26 Å². The van der Waals surface area contributed by atoms with Crippen LogP contribution in [0.25, 0.3) is 0 Å². The number of imidazole rings is 1. The molecule has 0 saturated heterocycles. The lowest BCUT2D eigenvalue weighted by atomic mass is 10.5. The van der Waals surface area contributed by atoms with Crippen molar-refractivity contribution in [2.45, 2.75) is 5.75 Å². The Balaban J connectivity index is 2.92. The maximum Gasteiger partial charge on any atom is 0.325 e. The fraction of sp³-hybridized carbons (Fsp3) is 0.400. The van der Waals surface area contributed by atoms with Crippen molar-refractivity contribution in [2.75, 3.05) is 6.26 Å². The third-order valence-corrected chi connectivity index (χ3v) is 1.65. The van der Waals surface area contributed by atoms with Gasteiger partial charge in [-0.2, -0.15) is 11.8 Å². The third-order valence-electron chi connectivity index (χ3n) is 1.07. The standard InChI is InChI=1S/C5H8N2O2S/c1-10-2-3-4(8)7-5(9)6-3/h8H,2H2,1H3,(H2,6,7,9). The fourth-order valence-electron chi connectivity index (χ4n) is 0.659. The van der Waals surface area contributed by atoms with Crippen molar-refractivity contribution >= 4 is 11.8 Å². The second kappa shape index (κ2) is 2.83. The zero-order valence-electron chi connectivity index (χ0n) is 5.47. The SMILES string of the molecule is CSCc1[nH]c(=O)[nH]c1O. The molecule has 1 rings (SSSR count). The Hall–Kier alpha value is -0.840. The van der Waals surface area contributed by atoms with Crippen LogP contribution < -0.4 is 5.69 Å². The number of aromatic hydroxyl groups is 1. The molecule has 0 radical (unpaired) electrons. The molecule has 0 aromatic carbocycles. The van der Waals surface area contributed by atoms with E-state index in [2.05, 4.69) is 9.97 Å². The van der Waals surface area contributed by atoms with E-state index in [-0.39, 0.29) is 11.6 Å². The molecule has 3 N–H and O–H groups in total. The van der Waals surface area contributed by atoms with E-state index in [0.717, 1.165) is 0 Å². The summed E-state index contributed by atoms with van der Waals surface area (Å²) in [5, 5.41) is 8.96. The summed E-state index contributed by atoms with van der Waals surface area (Å²) in [6, 6.07) is 0. The molecule has 0 aliphatic carbocycles. The summed E-state index contributed by atoms with van der Waals surface area (Å²) in [6.45, 7) is 0. The van der Waals surface area contributed by atoms with Gasteiger partial charge in [-0.05, 0) is 6.26 Å². The summed E-state index contributed by atoms with van der Waals surface area (Å²) in [7, 11) is 0. The van der Waals surface area contributed by atoms with E-state index >= 15 is 0 Å². The average Bonchev–Trinajstić information content (AvgIpc) is 2.13. The highest BCUT2D eigenvalue weighted by molar-refractivity contribution is 7.97. The van der Waals surface area contributed by atoms with Crippen LogP contribution in [0.3, 0.4) is 0 Å². The quantitative estimate of drug-likeness (QED) is 0.581. The number of thioether (sulfide) groups is 1. The molecule has 1 aromatic rings. The molecule has 56 valence electrons. The van der Waals surface area contributed by atoms with Gasteiger partial charge in [0, 0.05) is 5.75 Å². The molecule has 10 heavy (non-hydrogen) atoms. The Morgan fingerprint density at radius 2 is 2.30 bits per heavy atom. The van der Waals surface area contributed by atoms with Crippen LogP contribution in [0.15, 0.2) is 4.79 Å². The van der Waals surface area contributed by atoms with Crippen LogP contribution in [0.2, 0.25) is 0 Å². The molecular formula is C5H8N2O2S. The van der Waals surface area contributed by atoms with Crippen LogP contribution in [-0.4, -0.2) is 21.3 Å². The van der Waals surface area contributed by atoms with Gasteiger partial charge in [-0.25, -0.2) is 4.79 Å². The molecule has 0 saturated carbocycles. The third kappa shape index (κ3) is 1.36. The van der Waals surface area contributed by atoms with Crippen LogP contribution in [-0.2, 0) is 5.75 Å². The van der Waals surface area contributed by atoms with Gasteiger partial charge in [-0.1, -0.05) is 0 Å². The summed E-state index contributed by atoms with van der Waals surface area (Å²) >= 11 is 1.53. The van der Waals surface area contributed by atoms with Gasteiger partial charge in [-0.15, -0.1) is 0 Å². The van der Waals surface area contributed by atoms with Crippen molar-refractivity contribution in [1.82, 2.24) is 9.97 Å². The van der Waals surface area contributed by atoms with Gasteiger partial charge in [0.15, 0.2) is 0 Å². The minimum atomic E-state index is -0.360. The molecule has 0 aliphatic heterocycles. The lowest BCUT2D eigenvalue weighted by molar-refractivity contribution is 0.451. The highest BCUT2D eigenvalue weighted by Gasteiger charge is 2.02. The number of rotatable bonds is 2. The van der Waals surface area contributed by atoms with Gasteiger partial charge < -0.3 is 10.1 Å². The van der Waals surface area contributed by atoms with Crippen molar-refractivity contribution in [3.63, 3.8) is 0 Å². The molecule has 0 fully saturated rings. The van der Waals surface area contributed by atoms with Gasteiger partial charge >= 0.3 is 5.69 Å². The molecule has 1 heterocycles. The lowest BCUT2D eigenvalue weighted by Crippen LogP contribution is -2.00. The Morgan fingerprint density at radius 3 is 2.70 bits per heavy atom. The van der Waals surface area contributed by atoms with Crippen LogP contribution in [0.1, 0.15) is 5.69 Å². The number of nitrogens with one attached hydrogen (secondary N) is 2. The largest absolute Gasteiger partial charge is 0.493 e. The first-order valence-corrected chi connectivity index (χ1v) is 4.12. The number of aromatic nitrogens is 2. The summed E-state index contributed by atoms with van der Waals surface area (Å²) in [5.41, 5.74) is 0.194. The molecule has 0 bridgehead atoms. The first-order valence-electron chi connectivity index (χ1n) is 2.73. The van der Waals surface area contributed by atoms with E-state index in [0.29, 0.717) is 11.4 Å². The molecule has 1 aromatic heterocycles. The molecule has 4 nitrogen and oxygen atoms in total. The Bertz CT molecular complexity index is 265. The fourth-order valence-corrected chi connectivity index (χ4v) is 1.16. The van der Waals surface area contributed by atoms with Crippen molar-refractivity contribution in [1.29, 1.82) is 0 Å². The second-order valence-corrected chi connectivity index (χ2v) is 2.71. The molecule has 5 heteroatoms. The van der Waals surface area contributed by atoms with Gasteiger partial charge in [0.05, 0.1) is 5.69 Å². The predicted molar refractivity (Wildman–Crippen MR) is 40.3 cm³/mol. The molecule has 0 unspecified atom stereocenters. The predicted octanol–water partition coefficient (Wildman–Crippen LogP) is 0.272. The minimum Gasteiger partial charge on any atom is -0.493 e. The summed E-state index contributed by atoms with van der Waals surface area (Å²) in [6.07, 6.45) is 1.89. The van der Waals surface area contributed by atoms with Crippen LogP contribution in [0.4, 0.5) is 0 Å². The van der Waals surface area contributed by atoms with E-state index in [9.17, 15) is 4.79 Å². The van der Waals surface area contributed by atoms with Gasteiger partial charge in [-0.3, -0.25) is 4.98 Å². The average molecular weight is 160 g/mol. The summed E-state index contributed by atoms with van der Waals surface area (Å²) in [4.78, 5) is 15.2. The van der Waals surface area contributed by atoms with Gasteiger partial charge in [0.1, 0.15) is 0 Å². The zero-order chi connectivity index (χ0) is 7.56. The number of hydrogen-bond donors (Lipinski definition) is 3. The van der Waals surface area contributed by atoms with Crippen LogP contribution in [0, 0.1) is 0 Å². The minimum absolute atomic E-state index is 0.0562. The topological polar surface area (TPSA) is 68.9 Å². The number of hydrogen-bond acceptors (Lipinski definition) is 3. The summed E-state index contributed by atoms with van der Waals surface area (Å²) in [5.74, 6) is 0.559. The monoisotopic (exact) mass is 160 g/mol. The Morgan fingerprint density at radius 1 is 1.60 bits per heavy atom. The zero-order valence-corrected chi connectivity index (χ0v) is 6.29. The molecule has 0 spiro atoms. The Kier molecular flexibility index (Phi) is 2.06. The van der Waals surface area contributed by atoms with Crippen LogP contribution in [0.5, 0.6) is 5.88 Å². The van der Waals surface area contributed by atoms with E-state index in [1.165, 1.54) is 11.8 Å². The summed E-state index contributed by atoms with van der Waals surface area (Å²) < 4.78 is 0. The van der Waals surface area contributed by atoms with Crippen molar-refractivity contribution in [3.8, 4) is 5.88 Å². The van der Waals surface area contributed by atoms with E-state index in [1.54, 1.807) is 0 Å². The molecule has 0 amide bonds. The van der Waals surface area contributed by atoms with Gasteiger partial charge in [0.25, 0.3) is 0 Å². The smallest absolute Gasteiger partial charge is 0.325 e. The first kappa shape index (κ1) is 7.27. The molecule has 0 aliphatic rings. The molecule has 0 atom stereocenters. The number of aromatic amines is 2. The van der Waals surface area contributed by atoms with E-state index < -0.39 is 0 Å². The van der Waals surface area contributed by atoms with Gasteiger partial charge in [0.2, 0.25) is 5.88 Å². The molecular weight excluding hydrogens is 152 g/mol. The highest BCUT2D eigenvalue weighted by atomic mass is 32.2. The Labute approximate surface area is 61.7 Å².